The molecule has 3 aliphatic rings. The average molecular weight is 490 g/mol. The summed E-state index contributed by atoms with van der Waals surface area (Å²) >= 11 is 0. The Morgan fingerprint density at radius 1 is 1.03 bits per heavy atom. The van der Waals surface area contributed by atoms with Crippen LogP contribution in [0.3, 0.4) is 0 Å². The summed E-state index contributed by atoms with van der Waals surface area (Å²) in [6.45, 7) is 4.78. The van der Waals surface area contributed by atoms with Crippen molar-refractivity contribution in [3.63, 3.8) is 0 Å². The van der Waals surface area contributed by atoms with Gasteiger partial charge in [-0.2, -0.15) is 5.10 Å². The third-order valence-electron chi connectivity index (χ3n) is 8.60. The zero-order valence-corrected chi connectivity index (χ0v) is 21.3. The van der Waals surface area contributed by atoms with Gasteiger partial charge in [0.15, 0.2) is 0 Å². The van der Waals surface area contributed by atoms with Crippen molar-refractivity contribution in [2.45, 2.75) is 58.3 Å². The second-order valence-electron chi connectivity index (χ2n) is 10.4. The van der Waals surface area contributed by atoms with Crippen molar-refractivity contribution in [2.24, 2.45) is 22.4 Å². The molecule has 2 aromatic rings. The number of anilines is 1. The van der Waals surface area contributed by atoms with Gasteiger partial charge in [-0.25, -0.2) is 5.43 Å². The molecule has 36 heavy (non-hydrogen) atoms. The summed E-state index contributed by atoms with van der Waals surface area (Å²) in [6.07, 6.45) is 6.35. The normalized spacial score (nSPS) is 27.4. The number of aryl methyl sites for hydroxylation is 1. The molecule has 2 saturated carbocycles. The van der Waals surface area contributed by atoms with Crippen LogP contribution in [0.4, 0.5) is 5.69 Å². The van der Waals surface area contributed by atoms with Crippen molar-refractivity contribution in [3.8, 4) is 11.5 Å². The summed E-state index contributed by atoms with van der Waals surface area (Å²) in [5, 5.41) is 7.13. The highest BCUT2D eigenvalue weighted by Gasteiger charge is 2.53. The Kier molecular flexibility index (Phi) is 6.73. The van der Waals surface area contributed by atoms with Crippen LogP contribution in [0.1, 0.15) is 63.0 Å². The van der Waals surface area contributed by atoms with Crippen molar-refractivity contribution < 1.29 is 19.1 Å². The Morgan fingerprint density at radius 3 is 2.56 bits per heavy atom. The van der Waals surface area contributed by atoms with Crippen molar-refractivity contribution in [1.82, 2.24) is 5.43 Å². The van der Waals surface area contributed by atoms with Crippen LogP contribution >= 0.6 is 0 Å². The molecule has 7 heteroatoms. The highest BCUT2D eigenvalue weighted by molar-refractivity contribution is 6.39. The summed E-state index contributed by atoms with van der Waals surface area (Å²) in [7, 11) is 1.72. The first-order valence-electron chi connectivity index (χ1n) is 13.0. The van der Waals surface area contributed by atoms with E-state index in [0.29, 0.717) is 35.8 Å². The van der Waals surface area contributed by atoms with Crippen LogP contribution in [0.25, 0.3) is 0 Å². The minimum atomic E-state index is -0.752. The number of carbonyl (C=O) groups is 2. The van der Waals surface area contributed by atoms with Crippen LogP contribution in [-0.2, 0) is 16.0 Å². The van der Waals surface area contributed by atoms with Gasteiger partial charge in [-0.05, 0) is 111 Å². The van der Waals surface area contributed by atoms with Gasteiger partial charge < -0.3 is 14.8 Å². The highest BCUT2D eigenvalue weighted by Crippen LogP contribution is 2.59. The molecule has 5 rings (SSSR count). The van der Waals surface area contributed by atoms with Gasteiger partial charge in [0.2, 0.25) is 0 Å². The number of carbonyl (C=O) groups excluding carboxylic acids is 2. The van der Waals surface area contributed by atoms with E-state index in [1.54, 1.807) is 31.4 Å². The van der Waals surface area contributed by atoms with Crippen LogP contribution in [-0.4, -0.2) is 31.2 Å². The molecule has 3 aliphatic carbocycles. The standard InChI is InChI=1S/C29H35N3O4/c1-4-36-20-8-6-19(7-9-20)30-27(33)28(34)32-31-26-14-13-25-24-11-5-18-17-21(35-3)10-12-22(18)23(24)15-16-29(25,26)2/h6-10,12,17,23-25H,4-5,11,13-16H2,1-3H3,(H,30,33)(H,32,34)/b31-26-/t23-,24-,25-,29-/m1/s1. The molecule has 2 amide bonds. The summed E-state index contributed by atoms with van der Waals surface area (Å²) in [6, 6.07) is 13.5. The molecule has 2 fully saturated rings. The van der Waals surface area contributed by atoms with Gasteiger partial charge in [0.25, 0.3) is 0 Å². The smallest absolute Gasteiger partial charge is 0.329 e. The maximum absolute atomic E-state index is 12.5. The van der Waals surface area contributed by atoms with E-state index in [1.165, 1.54) is 17.5 Å². The average Bonchev–Trinajstić information content (AvgIpc) is 3.24. The van der Waals surface area contributed by atoms with Crippen molar-refractivity contribution >= 4 is 23.2 Å². The number of fused-ring (bicyclic) bond motifs is 5. The van der Waals surface area contributed by atoms with E-state index < -0.39 is 11.8 Å². The Morgan fingerprint density at radius 2 is 1.81 bits per heavy atom. The van der Waals surface area contributed by atoms with Gasteiger partial charge >= 0.3 is 11.8 Å². The van der Waals surface area contributed by atoms with Gasteiger partial charge in [0, 0.05) is 16.8 Å². The summed E-state index contributed by atoms with van der Waals surface area (Å²) in [4.78, 5) is 24.9. The van der Waals surface area contributed by atoms with E-state index in [2.05, 4.69) is 41.0 Å². The number of methoxy groups -OCH3 is 1. The fraction of sp³-hybridized carbons (Fsp3) is 0.483. The Labute approximate surface area is 212 Å². The lowest BCUT2D eigenvalue weighted by Crippen LogP contribution is -2.43. The second kappa shape index (κ2) is 9.96. The number of benzene rings is 2. The van der Waals surface area contributed by atoms with E-state index in [1.807, 2.05) is 6.92 Å². The summed E-state index contributed by atoms with van der Waals surface area (Å²) < 4.78 is 10.8. The van der Waals surface area contributed by atoms with E-state index in [9.17, 15) is 9.59 Å². The highest BCUT2D eigenvalue weighted by atomic mass is 16.5. The molecule has 0 unspecified atom stereocenters. The van der Waals surface area contributed by atoms with Gasteiger partial charge in [0.05, 0.1) is 13.7 Å². The van der Waals surface area contributed by atoms with Crippen molar-refractivity contribution in [1.29, 1.82) is 0 Å². The predicted molar refractivity (Wildman–Crippen MR) is 139 cm³/mol. The Balaban J connectivity index is 1.23. The van der Waals surface area contributed by atoms with Crippen LogP contribution in [0.2, 0.25) is 0 Å². The molecule has 0 aromatic heterocycles. The van der Waals surface area contributed by atoms with E-state index >= 15 is 0 Å². The van der Waals surface area contributed by atoms with E-state index in [-0.39, 0.29) is 5.41 Å². The third kappa shape index (κ3) is 4.47. The fourth-order valence-electron chi connectivity index (χ4n) is 6.82. The van der Waals surface area contributed by atoms with Gasteiger partial charge in [-0.15, -0.1) is 0 Å². The molecular weight excluding hydrogens is 454 g/mol. The summed E-state index contributed by atoms with van der Waals surface area (Å²) in [5.74, 6) is 1.91. The van der Waals surface area contributed by atoms with Crippen LogP contribution in [0.5, 0.6) is 11.5 Å². The first-order chi connectivity index (χ1) is 17.4. The van der Waals surface area contributed by atoms with Gasteiger partial charge in [-0.3, -0.25) is 9.59 Å². The monoisotopic (exact) mass is 489 g/mol. The van der Waals surface area contributed by atoms with Crippen LogP contribution < -0.4 is 20.2 Å². The minimum Gasteiger partial charge on any atom is -0.497 e. The van der Waals surface area contributed by atoms with Crippen molar-refractivity contribution in [2.75, 3.05) is 19.0 Å². The predicted octanol–water partition coefficient (Wildman–Crippen LogP) is 5.06. The number of nitrogens with one attached hydrogen (secondary N) is 2. The molecule has 0 saturated heterocycles. The first-order valence-corrected chi connectivity index (χ1v) is 13.0. The second-order valence-corrected chi connectivity index (χ2v) is 10.4. The number of nitrogens with zero attached hydrogens (tertiary/aromatic N) is 1. The number of amides is 2. The van der Waals surface area contributed by atoms with Crippen LogP contribution in [0.15, 0.2) is 47.6 Å². The largest absolute Gasteiger partial charge is 0.497 e. The fourth-order valence-corrected chi connectivity index (χ4v) is 6.82. The zero-order valence-electron chi connectivity index (χ0n) is 21.3. The molecule has 2 aromatic carbocycles. The SMILES string of the molecule is CCOc1ccc(NC(=O)C(=O)N/N=C2/CC[C@@H]3[C@@H]4CCc5cc(OC)ccc5[C@H]4CC[C@@]23C)cc1. The molecule has 0 bridgehead atoms. The van der Waals surface area contributed by atoms with E-state index in [4.69, 9.17) is 9.47 Å². The lowest BCUT2D eigenvalue weighted by atomic mass is 9.55. The lowest BCUT2D eigenvalue weighted by Gasteiger charge is -2.49. The maximum atomic E-state index is 12.5. The maximum Gasteiger partial charge on any atom is 0.329 e. The molecule has 0 heterocycles. The quantitative estimate of drug-likeness (QED) is 0.454. The number of hydrogen-bond acceptors (Lipinski definition) is 5. The number of rotatable bonds is 5. The third-order valence-corrected chi connectivity index (χ3v) is 8.60. The lowest BCUT2D eigenvalue weighted by molar-refractivity contribution is -0.136. The van der Waals surface area contributed by atoms with E-state index in [0.717, 1.165) is 43.6 Å². The number of hydrogen-bond donors (Lipinski definition) is 2. The first kappa shape index (κ1) is 24.3. The van der Waals surface area contributed by atoms with Crippen molar-refractivity contribution in [3.05, 3.63) is 53.6 Å². The Bertz CT molecular complexity index is 1180. The molecule has 4 atom stereocenters. The molecular formula is C29H35N3O4. The molecule has 0 radical (unpaired) electrons. The topological polar surface area (TPSA) is 89.0 Å². The number of hydrazone groups is 1. The van der Waals surface area contributed by atoms with Gasteiger partial charge in [0.1, 0.15) is 11.5 Å². The summed E-state index contributed by atoms with van der Waals surface area (Å²) in [5.41, 5.74) is 6.97. The molecule has 7 nitrogen and oxygen atoms in total. The Hall–Kier alpha value is -3.35. The molecule has 190 valence electrons. The molecule has 0 aliphatic heterocycles. The van der Waals surface area contributed by atoms with Crippen LogP contribution in [0, 0.1) is 17.3 Å². The molecule has 2 N–H and O–H groups in total. The zero-order chi connectivity index (χ0) is 25.3. The number of ether oxygens (including phenoxy) is 2. The molecule has 0 spiro atoms. The van der Waals surface area contributed by atoms with Gasteiger partial charge in [-0.1, -0.05) is 13.0 Å². The minimum absolute atomic E-state index is 0.0377.